The largest absolute Gasteiger partial charge is 0.480 e. The van der Waals surface area contributed by atoms with Crippen molar-refractivity contribution in [2.75, 3.05) is 6.54 Å². The molecule has 2 amide bonds. The SMILES string of the molecule is CC1CCN(C(=O)NC2CC2c2ccccc2)C1C(=O)O. The molecule has 0 bridgehead atoms. The number of carboxylic acids is 1. The molecule has 0 aromatic heterocycles. The van der Waals surface area contributed by atoms with Crippen LogP contribution in [-0.4, -0.2) is 40.6 Å². The molecule has 5 heteroatoms. The lowest BCUT2D eigenvalue weighted by Crippen LogP contribution is -2.48. The number of nitrogens with one attached hydrogen (secondary N) is 1. The Morgan fingerprint density at radius 1 is 1.29 bits per heavy atom. The number of amides is 2. The van der Waals surface area contributed by atoms with E-state index in [0.717, 1.165) is 12.8 Å². The zero-order valence-electron chi connectivity index (χ0n) is 12.0. The number of aliphatic carboxylic acids is 1. The number of hydrogen-bond donors (Lipinski definition) is 2. The quantitative estimate of drug-likeness (QED) is 0.894. The van der Waals surface area contributed by atoms with E-state index in [2.05, 4.69) is 17.4 Å². The van der Waals surface area contributed by atoms with Crippen molar-refractivity contribution in [1.29, 1.82) is 0 Å². The summed E-state index contributed by atoms with van der Waals surface area (Å²) in [7, 11) is 0. The lowest BCUT2D eigenvalue weighted by Gasteiger charge is -2.23. The van der Waals surface area contributed by atoms with Gasteiger partial charge in [-0.2, -0.15) is 0 Å². The van der Waals surface area contributed by atoms with Gasteiger partial charge in [-0.3, -0.25) is 0 Å². The molecule has 5 nitrogen and oxygen atoms in total. The second-order valence-corrected chi connectivity index (χ2v) is 6.05. The minimum atomic E-state index is -0.912. The monoisotopic (exact) mass is 288 g/mol. The van der Waals surface area contributed by atoms with Gasteiger partial charge in [0.05, 0.1) is 0 Å². The molecule has 2 N–H and O–H groups in total. The van der Waals surface area contributed by atoms with Gasteiger partial charge in [-0.25, -0.2) is 9.59 Å². The normalized spacial score (nSPS) is 31.0. The summed E-state index contributed by atoms with van der Waals surface area (Å²) in [5.41, 5.74) is 1.23. The Labute approximate surface area is 123 Å². The Kier molecular flexibility index (Phi) is 3.57. The molecule has 1 aliphatic heterocycles. The van der Waals surface area contributed by atoms with Crippen molar-refractivity contribution in [2.45, 2.75) is 37.8 Å². The Balaban J connectivity index is 1.59. The molecular weight excluding hydrogens is 268 g/mol. The van der Waals surface area contributed by atoms with Crippen molar-refractivity contribution in [3.63, 3.8) is 0 Å². The molecule has 4 atom stereocenters. The molecular formula is C16H20N2O3. The van der Waals surface area contributed by atoms with Gasteiger partial charge in [-0.15, -0.1) is 0 Å². The molecule has 4 unspecified atom stereocenters. The van der Waals surface area contributed by atoms with Crippen LogP contribution in [-0.2, 0) is 4.79 Å². The van der Waals surface area contributed by atoms with Crippen LogP contribution in [0.5, 0.6) is 0 Å². The van der Waals surface area contributed by atoms with Gasteiger partial charge in [-0.1, -0.05) is 37.3 Å². The number of urea groups is 1. The first-order valence-corrected chi connectivity index (χ1v) is 7.43. The van der Waals surface area contributed by atoms with Crippen molar-refractivity contribution >= 4 is 12.0 Å². The number of carbonyl (C=O) groups is 2. The Bertz CT molecular complexity index is 546. The predicted octanol–water partition coefficient (Wildman–Crippen LogP) is 2.05. The van der Waals surface area contributed by atoms with Crippen LogP contribution in [0, 0.1) is 5.92 Å². The summed E-state index contributed by atoms with van der Waals surface area (Å²) in [5, 5.41) is 12.2. The molecule has 1 aromatic carbocycles. The Morgan fingerprint density at radius 2 is 2.00 bits per heavy atom. The van der Waals surface area contributed by atoms with Crippen molar-refractivity contribution in [2.24, 2.45) is 5.92 Å². The van der Waals surface area contributed by atoms with E-state index in [1.165, 1.54) is 10.5 Å². The van der Waals surface area contributed by atoms with Gasteiger partial charge in [-0.05, 0) is 24.3 Å². The van der Waals surface area contributed by atoms with Crippen LogP contribution >= 0.6 is 0 Å². The van der Waals surface area contributed by atoms with Gasteiger partial charge in [0.15, 0.2) is 0 Å². The van der Waals surface area contributed by atoms with Crippen LogP contribution in [0.15, 0.2) is 30.3 Å². The van der Waals surface area contributed by atoms with Gasteiger partial charge in [0.25, 0.3) is 0 Å². The highest BCUT2D eigenvalue weighted by Gasteiger charge is 2.44. The fourth-order valence-corrected chi connectivity index (χ4v) is 3.22. The zero-order chi connectivity index (χ0) is 15.0. The number of carbonyl (C=O) groups excluding carboxylic acids is 1. The molecule has 3 rings (SSSR count). The first-order valence-electron chi connectivity index (χ1n) is 7.43. The molecule has 1 aromatic rings. The van der Waals surface area contributed by atoms with Crippen molar-refractivity contribution < 1.29 is 14.7 Å². The van der Waals surface area contributed by atoms with E-state index < -0.39 is 12.0 Å². The standard InChI is InChI=1S/C16H20N2O3/c1-10-7-8-18(14(10)15(19)20)16(21)17-13-9-12(13)11-5-3-2-4-6-11/h2-6,10,12-14H,7-9H2,1H3,(H,17,21)(H,19,20). The fraction of sp³-hybridized carbons (Fsp3) is 0.500. The molecule has 1 heterocycles. The summed E-state index contributed by atoms with van der Waals surface area (Å²) < 4.78 is 0. The van der Waals surface area contributed by atoms with Crippen LogP contribution in [0.3, 0.4) is 0 Å². The molecule has 2 fully saturated rings. The summed E-state index contributed by atoms with van der Waals surface area (Å²) >= 11 is 0. The third kappa shape index (κ3) is 2.73. The lowest BCUT2D eigenvalue weighted by molar-refractivity contribution is -0.142. The number of likely N-dealkylation sites (tertiary alicyclic amines) is 1. The van der Waals surface area contributed by atoms with E-state index in [4.69, 9.17) is 0 Å². The average Bonchev–Trinajstić information content (AvgIpc) is 3.11. The fourth-order valence-electron chi connectivity index (χ4n) is 3.22. The minimum absolute atomic E-state index is 0.0115. The topological polar surface area (TPSA) is 69.6 Å². The highest BCUT2D eigenvalue weighted by atomic mass is 16.4. The van der Waals surface area contributed by atoms with Gasteiger partial charge in [0.2, 0.25) is 0 Å². The average molecular weight is 288 g/mol. The lowest BCUT2D eigenvalue weighted by atomic mass is 10.0. The van der Waals surface area contributed by atoms with Gasteiger partial charge < -0.3 is 15.3 Å². The van der Waals surface area contributed by atoms with Gasteiger partial charge in [0.1, 0.15) is 6.04 Å². The Morgan fingerprint density at radius 3 is 2.67 bits per heavy atom. The summed E-state index contributed by atoms with van der Waals surface area (Å²) in [5.74, 6) is -0.540. The summed E-state index contributed by atoms with van der Waals surface area (Å²) in [6.07, 6.45) is 1.67. The maximum atomic E-state index is 12.3. The number of rotatable bonds is 3. The molecule has 21 heavy (non-hydrogen) atoms. The van der Waals surface area contributed by atoms with Crippen LogP contribution in [0.2, 0.25) is 0 Å². The molecule has 1 saturated heterocycles. The number of nitrogens with zero attached hydrogens (tertiary/aromatic N) is 1. The van der Waals surface area contributed by atoms with E-state index in [1.807, 2.05) is 25.1 Å². The molecule has 112 valence electrons. The molecule has 1 aliphatic carbocycles. The first-order chi connectivity index (χ1) is 10.1. The summed E-state index contributed by atoms with van der Waals surface area (Å²) in [6.45, 7) is 2.41. The molecule has 1 saturated carbocycles. The van der Waals surface area contributed by atoms with Crippen LogP contribution in [0.1, 0.15) is 31.2 Å². The maximum absolute atomic E-state index is 12.3. The number of hydrogen-bond acceptors (Lipinski definition) is 2. The van der Waals surface area contributed by atoms with E-state index in [1.54, 1.807) is 0 Å². The Hall–Kier alpha value is -2.04. The van der Waals surface area contributed by atoms with Crippen molar-refractivity contribution in [1.82, 2.24) is 10.2 Å². The second-order valence-electron chi connectivity index (χ2n) is 6.05. The summed E-state index contributed by atoms with van der Waals surface area (Å²) in [6, 6.07) is 9.29. The smallest absolute Gasteiger partial charge is 0.326 e. The van der Waals surface area contributed by atoms with Crippen LogP contribution in [0.25, 0.3) is 0 Å². The van der Waals surface area contributed by atoms with E-state index >= 15 is 0 Å². The van der Waals surface area contributed by atoms with Gasteiger partial charge in [0, 0.05) is 18.5 Å². The highest BCUT2D eigenvalue weighted by Crippen LogP contribution is 2.40. The summed E-state index contributed by atoms with van der Waals surface area (Å²) in [4.78, 5) is 25.0. The number of carboxylic acid groups (broad SMARTS) is 1. The predicted molar refractivity (Wildman–Crippen MR) is 78.0 cm³/mol. The van der Waals surface area contributed by atoms with E-state index in [-0.39, 0.29) is 18.0 Å². The first kappa shape index (κ1) is 13.9. The third-order valence-corrected chi connectivity index (χ3v) is 4.54. The van der Waals surface area contributed by atoms with Crippen LogP contribution < -0.4 is 5.32 Å². The minimum Gasteiger partial charge on any atom is -0.480 e. The van der Waals surface area contributed by atoms with E-state index in [0.29, 0.717) is 12.5 Å². The maximum Gasteiger partial charge on any atom is 0.326 e. The number of benzene rings is 1. The molecule has 2 aliphatic rings. The second kappa shape index (κ2) is 5.39. The van der Waals surface area contributed by atoms with E-state index in [9.17, 15) is 14.7 Å². The van der Waals surface area contributed by atoms with Gasteiger partial charge >= 0.3 is 12.0 Å². The van der Waals surface area contributed by atoms with Crippen molar-refractivity contribution in [3.8, 4) is 0 Å². The zero-order valence-corrected chi connectivity index (χ0v) is 12.0. The highest BCUT2D eigenvalue weighted by molar-refractivity contribution is 5.84. The molecule has 0 radical (unpaired) electrons. The molecule has 0 spiro atoms. The van der Waals surface area contributed by atoms with Crippen LogP contribution in [0.4, 0.5) is 4.79 Å². The third-order valence-electron chi connectivity index (χ3n) is 4.54. The van der Waals surface area contributed by atoms with Crippen molar-refractivity contribution in [3.05, 3.63) is 35.9 Å².